The Labute approximate surface area is 151 Å². The van der Waals surface area contributed by atoms with Crippen molar-refractivity contribution in [2.45, 2.75) is 33.4 Å². The molecule has 2 rings (SSSR count). The third-order valence-corrected chi connectivity index (χ3v) is 3.79. The van der Waals surface area contributed by atoms with Crippen molar-refractivity contribution in [3.8, 4) is 23.0 Å². The van der Waals surface area contributed by atoms with Crippen molar-refractivity contribution in [3.63, 3.8) is 0 Å². The van der Waals surface area contributed by atoms with Crippen LogP contribution < -0.4 is 9.47 Å². The van der Waals surface area contributed by atoms with E-state index in [-0.39, 0.29) is 24.3 Å². The van der Waals surface area contributed by atoms with E-state index in [4.69, 9.17) is 9.47 Å². The number of nitrogens with zero attached hydrogens (tertiary/aromatic N) is 2. The van der Waals surface area contributed by atoms with Gasteiger partial charge in [0.1, 0.15) is 5.75 Å². The molecule has 1 aromatic heterocycles. The smallest absolute Gasteiger partial charge is 0.419 e. The molecule has 0 unspecified atom stereocenters. The molecule has 0 amide bonds. The van der Waals surface area contributed by atoms with Gasteiger partial charge in [-0.25, -0.2) is 4.98 Å². The van der Waals surface area contributed by atoms with Gasteiger partial charge in [-0.1, -0.05) is 20.8 Å². The van der Waals surface area contributed by atoms with Crippen LogP contribution in [0.5, 0.6) is 11.8 Å². The maximum absolute atomic E-state index is 13.5. The molecule has 1 aromatic carbocycles. The second-order valence-corrected chi connectivity index (χ2v) is 6.68. The highest BCUT2D eigenvalue weighted by Gasteiger charge is 2.35. The molecule has 0 spiro atoms. The predicted molar refractivity (Wildman–Crippen MR) is 93.1 cm³/mol. The molecule has 0 saturated carbocycles. The number of alkyl halides is 3. The van der Waals surface area contributed by atoms with Gasteiger partial charge in [0.2, 0.25) is 0 Å². The van der Waals surface area contributed by atoms with Gasteiger partial charge in [0, 0.05) is 11.8 Å². The predicted octanol–water partition coefficient (Wildman–Crippen LogP) is 5.23. The molecule has 0 bridgehead atoms. The zero-order valence-electron chi connectivity index (χ0n) is 15.3. The van der Waals surface area contributed by atoms with Crippen LogP contribution in [0.4, 0.5) is 13.2 Å². The molecule has 0 aliphatic rings. The molecular weight excluding hydrogens is 345 g/mol. The average molecular weight is 368 g/mol. The Balaban J connectivity index is 2.30. The molecule has 7 heteroatoms. The van der Waals surface area contributed by atoms with Crippen LogP contribution in [0.3, 0.4) is 0 Å². The van der Waals surface area contributed by atoms with Gasteiger partial charge in [0.15, 0.2) is 0 Å². The molecule has 0 radical (unpaired) electrons. The monoisotopic (exact) mass is 368 g/mol. The Bertz CT molecular complexity index is 733. The van der Waals surface area contributed by atoms with Gasteiger partial charge in [-0.15, -0.1) is 0 Å². The summed E-state index contributed by atoms with van der Waals surface area (Å²) in [4.78, 5) is 7.94. The first-order chi connectivity index (χ1) is 12.2. The van der Waals surface area contributed by atoms with Crippen LogP contribution in [-0.4, -0.2) is 23.7 Å². The summed E-state index contributed by atoms with van der Waals surface area (Å²) in [7, 11) is 1.40. The Morgan fingerprint density at radius 3 is 2.46 bits per heavy atom. The van der Waals surface area contributed by atoms with E-state index in [1.807, 2.05) is 6.92 Å². The molecule has 0 N–H and O–H groups in total. The fourth-order valence-corrected chi connectivity index (χ4v) is 2.74. The number of hydrogen-bond acceptors (Lipinski definition) is 4. The molecule has 4 nitrogen and oxygen atoms in total. The van der Waals surface area contributed by atoms with E-state index in [0.717, 1.165) is 12.5 Å². The third kappa shape index (κ3) is 5.34. The normalized spacial score (nSPS) is 12.9. The van der Waals surface area contributed by atoms with Gasteiger partial charge in [-0.2, -0.15) is 18.2 Å². The number of hydrogen-bond donors (Lipinski definition) is 0. The van der Waals surface area contributed by atoms with Crippen LogP contribution in [-0.2, 0) is 6.18 Å². The zero-order valence-corrected chi connectivity index (χ0v) is 15.3. The molecule has 26 heavy (non-hydrogen) atoms. The Morgan fingerprint density at radius 1 is 1.12 bits per heavy atom. The second-order valence-electron chi connectivity index (χ2n) is 6.68. The summed E-state index contributed by atoms with van der Waals surface area (Å²) >= 11 is 0. The minimum Gasteiger partial charge on any atom is -0.493 e. The summed E-state index contributed by atoms with van der Waals surface area (Å²) in [5, 5.41) is 0. The number of methoxy groups -OCH3 is 1. The molecule has 0 fully saturated rings. The van der Waals surface area contributed by atoms with E-state index in [1.54, 1.807) is 6.07 Å². The number of ether oxygens (including phenoxy) is 2. The quantitative estimate of drug-likeness (QED) is 0.671. The minimum absolute atomic E-state index is 0.0962. The van der Waals surface area contributed by atoms with Gasteiger partial charge in [0.25, 0.3) is 0 Å². The average Bonchev–Trinajstić information content (AvgIpc) is 2.58. The van der Waals surface area contributed by atoms with Crippen molar-refractivity contribution in [2.24, 2.45) is 11.8 Å². The maximum Gasteiger partial charge on any atom is 0.419 e. The van der Waals surface area contributed by atoms with Gasteiger partial charge >= 0.3 is 12.2 Å². The van der Waals surface area contributed by atoms with Crippen molar-refractivity contribution in [3.05, 3.63) is 36.0 Å². The van der Waals surface area contributed by atoms with Crippen LogP contribution in [0.15, 0.2) is 30.5 Å². The molecule has 142 valence electrons. The molecule has 1 heterocycles. The summed E-state index contributed by atoms with van der Waals surface area (Å²) < 4.78 is 50.9. The number of halogens is 3. The lowest BCUT2D eigenvalue weighted by Gasteiger charge is -2.19. The van der Waals surface area contributed by atoms with Crippen LogP contribution in [0.1, 0.15) is 32.8 Å². The highest BCUT2D eigenvalue weighted by atomic mass is 19.4. The second kappa shape index (κ2) is 8.38. The fraction of sp³-hybridized carbons (Fsp3) is 0.474. The zero-order chi connectivity index (χ0) is 19.3. The molecule has 1 atom stereocenters. The van der Waals surface area contributed by atoms with Crippen LogP contribution in [0.25, 0.3) is 11.3 Å². The SMILES string of the molecule is COc1nccc(-c2ccc(OC[C@@H](C)CC(C)C)c(C(F)(F)F)c2)n1. The molecule has 0 aliphatic carbocycles. The first-order valence-electron chi connectivity index (χ1n) is 8.42. The van der Waals surface area contributed by atoms with Crippen LogP contribution in [0.2, 0.25) is 0 Å². The standard InChI is InChI=1S/C19H23F3N2O2/c1-12(2)9-13(3)11-26-17-6-5-14(10-15(17)19(20,21)22)16-7-8-23-18(24-16)25-4/h5-8,10,12-13H,9,11H2,1-4H3/t13-/m0/s1. The van der Waals surface area contributed by atoms with Gasteiger partial charge < -0.3 is 9.47 Å². The Hall–Kier alpha value is -2.31. The molecule has 0 aliphatic heterocycles. The lowest BCUT2D eigenvalue weighted by Crippen LogP contribution is -2.14. The third-order valence-electron chi connectivity index (χ3n) is 3.79. The maximum atomic E-state index is 13.5. The summed E-state index contributed by atoms with van der Waals surface area (Å²) in [6, 6.07) is 5.57. The van der Waals surface area contributed by atoms with Gasteiger partial charge in [-0.05, 0) is 42.5 Å². The molecular formula is C19H23F3N2O2. The number of aromatic nitrogens is 2. The summed E-state index contributed by atoms with van der Waals surface area (Å²) in [6.07, 6.45) is -2.20. The lowest BCUT2D eigenvalue weighted by atomic mass is 10.00. The van der Waals surface area contributed by atoms with Crippen molar-refractivity contribution in [1.29, 1.82) is 0 Å². The molecule has 2 aromatic rings. The van der Waals surface area contributed by atoms with E-state index in [1.165, 1.54) is 25.4 Å². The van der Waals surface area contributed by atoms with Crippen molar-refractivity contribution in [2.75, 3.05) is 13.7 Å². The highest BCUT2D eigenvalue weighted by molar-refractivity contribution is 5.62. The van der Waals surface area contributed by atoms with E-state index in [2.05, 4.69) is 23.8 Å². The van der Waals surface area contributed by atoms with E-state index in [0.29, 0.717) is 17.2 Å². The van der Waals surface area contributed by atoms with Crippen molar-refractivity contribution >= 4 is 0 Å². The van der Waals surface area contributed by atoms with E-state index >= 15 is 0 Å². The van der Waals surface area contributed by atoms with E-state index < -0.39 is 11.7 Å². The lowest BCUT2D eigenvalue weighted by molar-refractivity contribution is -0.139. The van der Waals surface area contributed by atoms with E-state index in [9.17, 15) is 13.2 Å². The summed E-state index contributed by atoms with van der Waals surface area (Å²) in [5.74, 6) is 0.463. The van der Waals surface area contributed by atoms with Crippen molar-refractivity contribution < 1.29 is 22.6 Å². The van der Waals surface area contributed by atoms with Gasteiger partial charge in [0.05, 0.1) is 25.0 Å². The fourth-order valence-electron chi connectivity index (χ4n) is 2.74. The summed E-state index contributed by atoms with van der Waals surface area (Å²) in [6.45, 7) is 6.35. The first-order valence-corrected chi connectivity index (χ1v) is 8.42. The highest BCUT2D eigenvalue weighted by Crippen LogP contribution is 2.39. The minimum atomic E-state index is -4.52. The number of rotatable bonds is 7. The number of benzene rings is 1. The van der Waals surface area contributed by atoms with Crippen molar-refractivity contribution in [1.82, 2.24) is 9.97 Å². The van der Waals surface area contributed by atoms with Crippen LogP contribution in [0, 0.1) is 11.8 Å². The topological polar surface area (TPSA) is 44.2 Å². The molecule has 0 saturated heterocycles. The first kappa shape index (κ1) is 20.0. The van der Waals surface area contributed by atoms with Gasteiger partial charge in [-0.3, -0.25) is 0 Å². The Morgan fingerprint density at radius 2 is 1.85 bits per heavy atom. The summed E-state index contributed by atoms with van der Waals surface area (Å²) in [5.41, 5.74) is -0.146. The van der Waals surface area contributed by atoms with Crippen LogP contribution >= 0.6 is 0 Å². The largest absolute Gasteiger partial charge is 0.493 e. The Kier molecular flexibility index (Phi) is 6.45.